The standard InChI is InChI=1S/C45H35N3/c1-4-14-33(15-5-1)42-46-43(34-16-6-2-7-17-34)48-44(47-42)36-19-12-18-35(30-36)31-24-26-32(27-25-31)37-21-13-22-39-38-20-8-9-23-40(38)45(41(37)39)28-10-3-11-29-45/h1-2,4-9,12-27,30H,3,10-11,28-29H2. The minimum Gasteiger partial charge on any atom is -0.208 e. The van der Waals surface area contributed by atoms with Crippen molar-refractivity contribution in [1.82, 2.24) is 15.0 Å². The Bertz CT molecular complexity index is 2190. The highest BCUT2D eigenvalue weighted by Gasteiger charge is 2.45. The van der Waals surface area contributed by atoms with Crippen molar-refractivity contribution in [3.8, 4) is 67.5 Å². The van der Waals surface area contributed by atoms with Crippen LogP contribution in [0.5, 0.6) is 0 Å². The first-order valence-corrected chi connectivity index (χ1v) is 17.1. The maximum atomic E-state index is 4.96. The number of rotatable bonds is 5. The molecule has 9 rings (SSSR count). The molecule has 1 spiro atoms. The Labute approximate surface area is 282 Å². The van der Waals surface area contributed by atoms with Gasteiger partial charge in [0.25, 0.3) is 0 Å². The number of hydrogen-bond acceptors (Lipinski definition) is 3. The van der Waals surface area contributed by atoms with E-state index in [0.29, 0.717) is 17.5 Å². The molecule has 0 amide bonds. The molecule has 7 aromatic rings. The Morgan fingerprint density at radius 1 is 0.354 bits per heavy atom. The van der Waals surface area contributed by atoms with Crippen molar-refractivity contribution in [2.75, 3.05) is 0 Å². The van der Waals surface area contributed by atoms with E-state index in [-0.39, 0.29) is 5.41 Å². The van der Waals surface area contributed by atoms with Crippen LogP contribution in [0.1, 0.15) is 43.2 Å². The number of aromatic nitrogens is 3. The number of benzene rings is 6. The summed E-state index contributed by atoms with van der Waals surface area (Å²) in [5, 5.41) is 0. The van der Waals surface area contributed by atoms with Gasteiger partial charge < -0.3 is 0 Å². The van der Waals surface area contributed by atoms with Crippen LogP contribution in [0.25, 0.3) is 67.5 Å². The van der Waals surface area contributed by atoms with Crippen molar-refractivity contribution < 1.29 is 0 Å². The van der Waals surface area contributed by atoms with Crippen LogP contribution in [0, 0.1) is 0 Å². The lowest BCUT2D eigenvalue weighted by Crippen LogP contribution is -2.28. The lowest BCUT2D eigenvalue weighted by Gasteiger charge is -2.37. The molecule has 0 unspecified atom stereocenters. The summed E-state index contributed by atoms with van der Waals surface area (Å²) in [6.07, 6.45) is 6.37. The third-order valence-corrected chi connectivity index (χ3v) is 10.3. The highest BCUT2D eigenvalue weighted by Crippen LogP contribution is 2.58. The molecule has 2 aliphatic rings. The molecule has 0 aliphatic heterocycles. The Morgan fingerprint density at radius 3 is 1.54 bits per heavy atom. The van der Waals surface area contributed by atoms with Crippen LogP contribution in [0.3, 0.4) is 0 Å². The van der Waals surface area contributed by atoms with E-state index in [9.17, 15) is 0 Å². The molecular formula is C45H35N3. The second kappa shape index (κ2) is 11.8. The minimum absolute atomic E-state index is 0.121. The molecule has 3 nitrogen and oxygen atoms in total. The molecule has 0 N–H and O–H groups in total. The fourth-order valence-electron chi connectivity index (χ4n) is 8.10. The summed E-state index contributed by atoms with van der Waals surface area (Å²) in [4.78, 5) is 14.8. The second-order valence-corrected chi connectivity index (χ2v) is 13.1. The van der Waals surface area contributed by atoms with Crippen molar-refractivity contribution in [1.29, 1.82) is 0 Å². The summed E-state index contributed by atoms with van der Waals surface area (Å²) < 4.78 is 0. The maximum absolute atomic E-state index is 4.96. The van der Waals surface area contributed by atoms with Gasteiger partial charge in [0, 0.05) is 22.1 Å². The average molecular weight is 618 g/mol. The van der Waals surface area contributed by atoms with Gasteiger partial charge in [-0.3, -0.25) is 0 Å². The summed E-state index contributed by atoms with van der Waals surface area (Å²) in [7, 11) is 0. The first-order valence-electron chi connectivity index (χ1n) is 17.1. The van der Waals surface area contributed by atoms with E-state index in [4.69, 9.17) is 15.0 Å². The maximum Gasteiger partial charge on any atom is 0.164 e. The largest absolute Gasteiger partial charge is 0.208 e. The first kappa shape index (κ1) is 28.5. The minimum atomic E-state index is 0.121. The van der Waals surface area contributed by atoms with E-state index in [2.05, 4.69) is 91.0 Å². The van der Waals surface area contributed by atoms with Crippen molar-refractivity contribution in [2.24, 2.45) is 0 Å². The van der Waals surface area contributed by atoms with Crippen molar-refractivity contribution in [3.63, 3.8) is 0 Å². The third-order valence-electron chi connectivity index (χ3n) is 10.3. The summed E-state index contributed by atoms with van der Waals surface area (Å²) >= 11 is 0. The summed E-state index contributed by atoms with van der Waals surface area (Å²) in [5.74, 6) is 2.00. The van der Waals surface area contributed by atoms with Crippen LogP contribution in [0.2, 0.25) is 0 Å². The molecule has 1 heterocycles. The topological polar surface area (TPSA) is 38.7 Å². The summed E-state index contributed by atoms with van der Waals surface area (Å²) in [5.41, 5.74) is 13.9. The Morgan fingerprint density at radius 2 is 0.854 bits per heavy atom. The van der Waals surface area contributed by atoms with Gasteiger partial charge in [-0.25, -0.2) is 15.0 Å². The van der Waals surface area contributed by atoms with Crippen molar-refractivity contribution in [3.05, 3.63) is 163 Å². The zero-order valence-corrected chi connectivity index (χ0v) is 26.8. The number of nitrogens with zero attached hydrogens (tertiary/aromatic N) is 3. The molecule has 0 radical (unpaired) electrons. The molecule has 1 aromatic heterocycles. The first-order chi connectivity index (χ1) is 23.8. The van der Waals surface area contributed by atoms with Crippen molar-refractivity contribution >= 4 is 0 Å². The molecule has 2 aliphatic carbocycles. The molecule has 230 valence electrons. The predicted octanol–water partition coefficient (Wildman–Crippen LogP) is 11.4. The van der Waals surface area contributed by atoms with Crippen LogP contribution in [-0.2, 0) is 5.41 Å². The highest BCUT2D eigenvalue weighted by atomic mass is 15.0. The monoisotopic (exact) mass is 617 g/mol. The van der Waals surface area contributed by atoms with E-state index < -0.39 is 0 Å². The SMILES string of the molecule is c1ccc(-c2nc(-c3ccccc3)nc(-c3cccc(-c4ccc(-c5cccc6c5C5(CCCCC5)c5ccccc5-6)cc4)c3)n2)cc1. The highest BCUT2D eigenvalue weighted by molar-refractivity contribution is 5.89. The molecule has 48 heavy (non-hydrogen) atoms. The van der Waals surface area contributed by atoms with Gasteiger partial charge in [0.1, 0.15) is 0 Å². The smallest absolute Gasteiger partial charge is 0.164 e. The molecule has 0 atom stereocenters. The van der Waals surface area contributed by atoms with Gasteiger partial charge in [0.15, 0.2) is 17.5 Å². The Hall–Kier alpha value is -5.67. The van der Waals surface area contributed by atoms with Gasteiger partial charge in [0.05, 0.1) is 0 Å². The fraction of sp³-hybridized carbons (Fsp3) is 0.133. The Balaban J connectivity index is 1.09. The molecule has 6 aromatic carbocycles. The zero-order valence-electron chi connectivity index (χ0n) is 26.8. The molecule has 1 fully saturated rings. The lowest BCUT2D eigenvalue weighted by molar-refractivity contribution is 0.353. The normalized spacial score (nSPS) is 14.4. The van der Waals surface area contributed by atoms with Gasteiger partial charge in [-0.2, -0.15) is 0 Å². The van der Waals surface area contributed by atoms with E-state index >= 15 is 0 Å². The summed E-state index contributed by atoms with van der Waals surface area (Å²) in [6, 6.07) is 54.0. The van der Waals surface area contributed by atoms with Gasteiger partial charge in [0.2, 0.25) is 0 Å². The van der Waals surface area contributed by atoms with Gasteiger partial charge in [-0.15, -0.1) is 0 Å². The lowest BCUT2D eigenvalue weighted by atomic mass is 9.66. The zero-order chi connectivity index (χ0) is 31.9. The van der Waals surface area contributed by atoms with Crippen LogP contribution in [0.15, 0.2) is 152 Å². The molecule has 0 bridgehead atoms. The molecule has 3 heteroatoms. The average Bonchev–Trinajstić information content (AvgIpc) is 3.44. The molecule has 1 saturated carbocycles. The van der Waals surface area contributed by atoms with Crippen LogP contribution in [0.4, 0.5) is 0 Å². The summed E-state index contributed by atoms with van der Waals surface area (Å²) in [6.45, 7) is 0. The van der Waals surface area contributed by atoms with Crippen LogP contribution < -0.4 is 0 Å². The van der Waals surface area contributed by atoms with Gasteiger partial charge in [-0.1, -0.05) is 165 Å². The fourth-order valence-corrected chi connectivity index (χ4v) is 8.10. The molecule has 0 saturated heterocycles. The van der Waals surface area contributed by atoms with E-state index in [1.54, 1.807) is 5.56 Å². The quantitative estimate of drug-likeness (QED) is 0.193. The molecular weight excluding hydrogens is 583 g/mol. The van der Waals surface area contributed by atoms with E-state index in [0.717, 1.165) is 22.3 Å². The van der Waals surface area contributed by atoms with Gasteiger partial charge in [-0.05, 0) is 63.4 Å². The van der Waals surface area contributed by atoms with Crippen LogP contribution in [-0.4, -0.2) is 15.0 Å². The van der Waals surface area contributed by atoms with E-state index in [1.807, 2.05) is 60.7 Å². The Kier molecular flexibility index (Phi) is 7.04. The third kappa shape index (κ3) is 4.86. The number of fused-ring (bicyclic) bond motifs is 5. The van der Waals surface area contributed by atoms with Crippen molar-refractivity contribution in [2.45, 2.75) is 37.5 Å². The number of hydrogen-bond donors (Lipinski definition) is 0. The second-order valence-electron chi connectivity index (χ2n) is 13.1. The van der Waals surface area contributed by atoms with E-state index in [1.165, 1.54) is 65.5 Å². The van der Waals surface area contributed by atoms with Crippen LogP contribution >= 0.6 is 0 Å². The van der Waals surface area contributed by atoms with Gasteiger partial charge >= 0.3 is 0 Å². The predicted molar refractivity (Wildman–Crippen MR) is 196 cm³/mol.